The number of phenols is 1. The number of benzene rings is 1. The molecular formula is C14H20O3. The molecule has 1 aromatic rings. The summed E-state index contributed by atoms with van der Waals surface area (Å²) in [5, 5.41) is 19.7. The Labute approximate surface area is 102 Å². The Bertz CT molecular complexity index is 475. The van der Waals surface area contributed by atoms with Crippen LogP contribution in [0.1, 0.15) is 42.0 Å². The first-order valence-electron chi connectivity index (χ1n) is 5.93. The van der Waals surface area contributed by atoms with Gasteiger partial charge in [0, 0.05) is 5.56 Å². The number of hydrogen-bond acceptors (Lipinski definition) is 3. The predicted molar refractivity (Wildman–Crippen MR) is 66.9 cm³/mol. The minimum Gasteiger partial charge on any atom is -0.507 e. The van der Waals surface area contributed by atoms with Gasteiger partial charge < -0.3 is 14.9 Å². The van der Waals surface area contributed by atoms with Gasteiger partial charge in [0.25, 0.3) is 0 Å². The monoisotopic (exact) mass is 236 g/mol. The summed E-state index contributed by atoms with van der Waals surface area (Å²) in [6, 6.07) is 0. The first-order valence-corrected chi connectivity index (χ1v) is 5.93. The van der Waals surface area contributed by atoms with Gasteiger partial charge in [0.05, 0.1) is 12.5 Å². The summed E-state index contributed by atoms with van der Waals surface area (Å²) in [6.45, 7) is 9.69. The molecule has 1 aromatic carbocycles. The van der Waals surface area contributed by atoms with Crippen LogP contribution in [0.2, 0.25) is 0 Å². The second-order valence-electron chi connectivity index (χ2n) is 5.41. The Hall–Kier alpha value is -1.22. The molecule has 2 rings (SSSR count). The van der Waals surface area contributed by atoms with Gasteiger partial charge in [-0.15, -0.1) is 0 Å². The van der Waals surface area contributed by atoms with E-state index in [2.05, 4.69) is 0 Å². The maximum absolute atomic E-state index is 10.1. The van der Waals surface area contributed by atoms with Gasteiger partial charge in [-0.3, -0.25) is 0 Å². The fourth-order valence-electron chi connectivity index (χ4n) is 2.67. The molecule has 1 aliphatic heterocycles. The Balaban J connectivity index is 2.75. The summed E-state index contributed by atoms with van der Waals surface area (Å²) in [5.41, 5.74) is 3.18. The lowest BCUT2D eigenvalue weighted by Gasteiger charge is -2.25. The van der Waals surface area contributed by atoms with Crippen LogP contribution in [0.25, 0.3) is 0 Å². The summed E-state index contributed by atoms with van der Waals surface area (Å²) >= 11 is 0. The van der Waals surface area contributed by atoms with Crippen LogP contribution in [0.5, 0.6) is 11.5 Å². The van der Waals surface area contributed by atoms with Crippen molar-refractivity contribution in [3.63, 3.8) is 0 Å². The molecular weight excluding hydrogens is 216 g/mol. The largest absolute Gasteiger partial charge is 0.507 e. The summed E-state index contributed by atoms with van der Waals surface area (Å²) in [4.78, 5) is 0. The zero-order valence-electron chi connectivity index (χ0n) is 11.1. The molecule has 0 radical (unpaired) electrons. The van der Waals surface area contributed by atoms with Gasteiger partial charge in [-0.25, -0.2) is 0 Å². The van der Waals surface area contributed by atoms with Gasteiger partial charge in [-0.05, 0) is 51.3 Å². The van der Waals surface area contributed by atoms with Crippen LogP contribution in [0.15, 0.2) is 0 Å². The molecule has 0 fully saturated rings. The Kier molecular flexibility index (Phi) is 2.62. The third-order valence-corrected chi connectivity index (χ3v) is 4.00. The van der Waals surface area contributed by atoms with E-state index < -0.39 is 5.60 Å². The highest BCUT2D eigenvalue weighted by Gasteiger charge is 2.43. The van der Waals surface area contributed by atoms with Crippen molar-refractivity contribution >= 4 is 0 Å². The molecule has 94 valence electrons. The molecule has 3 nitrogen and oxygen atoms in total. The zero-order valence-corrected chi connectivity index (χ0v) is 11.1. The van der Waals surface area contributed by atoms with Crippen molar-refractivity contribution in [1.29, 1.82) is 0 Å². The maximum atomic E-state index is 10.1. The summed E-state index contributed by atoms with van der Waals surface area (Å²) in [6.07, 6.45) is 0. The molecule has 17 heavy (non-hydrogen) atoms. The first kappa shape index (κ1) is 12.2. The first-order chi connectivity index (χ1) is 7.81. The number of phenolic OH excluding ortho intramolecular Hbond substituents is 1. The number of aliphatic hydroxyl groups is 1. The highest BCUT2D eigenvalue weighted by atomic mass is 16.5. The molecule has 0 unspecified atom stereocenters. The Morgan fingerprint density at radius 3 is 2.24 bits per heavy atom. The summed E-state index contributed by atoms with van der Waals surface area (Å²) in [5.74, 6) is 1.07. The van der Waals surface area contributed by atoms with Crippen molar-refractivity contribution in [2.24, 2.45) is 0 Å². The molecule has 3 heteroatoms. The number of ether oxygens (including phenoxy) is 1. The zero-order chi connectivity index (χ0) is 13.0. The van der Waals surface area contributed by atoms with Crippen molar-refractivity contribution in [2.45, 2.75) is 46.1 Å². The number of aromatic hydroxyl groups is 1. The Morgan fingerprint density at radius 2 is 1.71 bits per heavy atom. The lowest BCUT2D eigenvalue weighted by molar-refractivity contribution is 0.0808. The van der Waals surface area contributed by atoms with E-state index in [1.54, 1.807) is 0 Å². The molecule has 0 aliphatic carbocycles. The van der Waals surface area contributed by atoms with Crippen LogP contribution in [-0.4, -0.2) is 22.4 Å². The van der Waals surface area contributed by atoms with Crippen LogP contribution >= 0.6 is 0 Å². The predicted octanol–water partition coefficient (Wildman–Crippen LogP) is 2.56. The number of aliphatic hydroxyl groups excluding tert-OH is 1. The molecule has 0 saturated heterocycles. The quantitative estimate of drug-likeness (QED) is 0.788. The molecule has 0 bridgehead atoms. The SMILES string of the molecule is Cc1c(C)c2c(c(C)c1O)[C@H](CO)C(C)(C)O2. The second kappa shape index (κ2) is 3.64. The molecule has 0 aromatic heterocycles. The number of fused-ring (bicyclic) bond motifs is 1. The van der Waals surface area contributed by atoms with E-state index in [9.17, 15) is 10.2 Å². The molecule has 0 saturated carbocycles. The van der Waals surface area contributed by atoms with Gasteiger partial charge >= 0.3 is 0 Å². The van der Waals surface area contributed by atoms with E-state index in [0.29, 0.717) is 5.75 Å². The van der Waals surface area contributed by atoms with E-state index in [1.165, 1.54) is 0 Å². The molecule has 1 heterocycles. The maximum Gasteiger partial charge on any atom is 0.127 e. The minimum atomic E-state index is -0.424. The topological polar surface area (TPSA) is 49.7 Å². The van der Waals surface area contributed by atoms with Crippen LogP contribution in [0.3, 0.4) is 0 Å². The second-order valence-corrected chi connectivity index (χ2v) is 5.41. The summed E-state index contributed by atoms with van der Waals surface area (Å²) in [7, 11) is 0. The van der Waals surface area contributed by atoms with Crippen LogP contribution < -0.4 is 4.74 Å². The molecule has 1 atom stereocenters. The molecule has 0 spiro atoms. The van der Waals surface area contributed by atoms with Crippen molar-refractivity contribution in [3.8, 4) is 11.5 Å². The lowest BCUT2D eigenvalue weighted by atomic mass is 9.84. The van der Waals surface area contributed by atoms with Gasteiger partial charge in [0.15, 0.2) is 0 Å². The minimum absolute atomic E-state index is 0.0305. The average Bonchev–Trinajstić information content (AvgIpc) is 2.54. The van der Waals surface area contributed by atoms with Crippen LogP contribution in [-0.2, 0) is 0 Å². The third kappa shape index (κ3) is 1.53. The fourth-order valence-corrected chi connectivity index (χ4v) is 2.67. The smallest absolute Gasteiger partial charge is 0.127 e. The standard InChI is InChI=1S/C14H20O3/c1-7-8(2)13-11(9(3)12(7)16)10(6-15)14(4,5)17-13/h10,15-16H,6H2,1-5H3/t10-/m0/s1. The summed E-state index contributed by atoms with van der Waals surface area (Å²) < 4.78 is 5.97. The number of rotatable bonds is 1. The van der Waals surface area contributed by atoms with E-state index in [-0.39, 0.29) is 12.5 Å². The van der Waals surface area contributed by atoms with Gasteiger partial charge in [-0.1, -0.05) is 0 Å². The van der Waals surface area contributed by atoms with Crippen molar-refractivity contribution in [1.82, 2.24) is 0 Å². The van der Waals surface area contributed by atoms with E-state index >= 15 is 0 Å². The highest BCUT2D eigenvalue weighted by Crippen LogP contribution is 2.50. The number of hydrogen-bond donors (Lipinski definition) is 2. The van der Waals surface area contributed by atoms with Gasteiger partial charge in [-0.2, -0.15) is 0 Å². The van der Waals surface area contributed by atoms with Crippen LogP contribution in [0.4, 0.5) is 0 Å². The Morgan fingerprint density at radius 1 is 1.12 bits per heavy atom. The van der Waals surface area contributed by atoms with Crippen molar-refractivity contribution < 1.29 is 14.9 Å². The fraction of sp³-hybridized carbons (Fsp3) is 0.571. The van der Waals surface area contributed by atoms with Gasteiger partial charge in [0.1, 0.15) is 17.1 Å². The van der Waals surface area contributed by atoms with E-state index in [1.807, 2.05) is 34.6 Å². The molecule has 1 aliphatic rings. The van der Waals surface area contributed by atoms with E-state index in [4.69, 9.17) is 4.74 Å². The normalized spacial score (nSPS) is 21.2. The molecule has 2 N–H and O–H groups in total. The van der Waals surface area contributed by atoms with Crippen molar-refractivity contribution in [3.05, 3.63) is 22.3 Å². The lowest BCUT2D eigenvalue weighted by Crippen LogP contribution is -2.32. The average molecular weight is 236 g/mol. The van der Waals surface area contributed by atoms with E-state index in [0.717, 1.165) is 28.0 Å². The van der Waals surface area contributed by atoms with Crippen molar-refractivity contribution in [2.75, 3.05) is 6.61 Å². The van der Waals surface area contributed by atoms with Gasteiger partial charge in [0.2, 0.25) is 0 Å². The molecule has 0 amide bonds. The highest BCUT2D eigenvalue weighted by molar-refractivity contribution is 5.61. The third-order valence-electron chi connectivity index (χ3n) is 4.00. The van der Waals surface area contributed by atoms with Crippen LogP contribution in [0, 0.1) is 20.8 Å².